The van der Waals surface area contributed by atoms with Crippen LogP contribution in [-0.4, -0.2) is 21.9 Å². The quantitative estimate of drug-likeness (QED) is 0.748. The Morgan fingerprint density at radius 1 is 1.35 bits per heavy atom. The zero-order valence-electron chi connectivity index (χ0n) is 15.6. The van der Waals surface area contributed by atoms with Crippen molar-refractivity contribution in [2.24, 2.45) is 5.92 Å². The zero-order chi connectivity index (χ0) is 18.3. The van der Waals surface area contributed by atoms with E-state index in [0.717, 1.165) is 41.8 Å². The second-order valence-electron chi connectivity index (χ2n) is 7.56. The van der Waals surface area contributed by atoms with Crippen molar-refractivity contribution >= 4 is 21.6 Å². The first kappa shape index (κ1) is 17.4. The Labute approximate surface area is 157 Å². The third-order valence-corrected chi connectivity index (χ3v) is 6.66. The van der Waals surface area contributed by atoms with Crippen molar-refractivity contribution in [2.45, 2.75) is 45.7 Å². The number of nitrogens with one attached hydrogen (secondary N) is 1. The second kappa shape index (κ2) is 6.97. The molecule has 4 rings (SSSR count). The maximum atomic E-state index is 12.8. The number of H-pyrrole nitrogens is 1. The Bertz CT molecular complexity index is 976. The number of rotatable bonds is 4. The predicted octanol–water partition coefficient (Wildman–Crippen LogP) is 4.30. The first-order valence-corrected chi connectivity index (χ1v) is 10.1. The Balaban J connectivity index is 1.65. The molecule has 136 valence electrons. The Kier molecular flexibility index (Phi) is 4.67. The first-order valence-electron chi connectivity index (χ1n) is 9.31. The van der Waals surface area contributed by atoms with Crippen molar-refractivity contribution in [1.82, 2.24) is 14.9 Å². The van der Waals surface area contributed by atoms with Crippen LogP contribution in [0.2, 0.25) is 0 Å². The molecule has 4 nitrogen and oxygen atoms in total. The van der Waals surface area contributed by atoms with Crippen LogP contribution in [0.25, 0.3) is 10.2 Å². The minimum absolute atomic E-state index is 0.0250. The molecule has 1 aromatic carbocycles. The molecule has 0 fully saturated rings. The summed E-state index contributed by atoms with van der Waals surface area (Å²) in [4.78, 5) is 25.2. The van der Waals surface area contributed by atoms with Crippen molar-refractivity contribution < 1.29 is 0 Å². The van der Waals surface area contributed by atoms with Gasteiger partial charge in [-0.15, -0.1) is 11.3 Å². The van der Waals surface area contributed by atoms with Gasteiger partial charge in [0.2, 0.25) is 0 Å². The van der Waals surface area contributed by atoms with Gasteiger partial charge in [0, 0.05) is 11.4 Å². The summed E-state index contributed by atoms with van der Waals surface area (Å²) in [6, 6.07) is 10.4. The van der Waals surface area contributed by atoms with Gasteiger partial charge in [0.15, 0.2) is 0 Å². The smallest absolute Gasteiger partial charge is 0.259 e. The van der Waals surface area contributed by atoms with Gasteiger partial charge < -0.3 is 4.98 Å². The summed E-state index contributed by atoms with van der Waals surface area (Å²) < 4.78 is 0. The van der Waals surface area contributed by atoms with Crippen LogP contribution in [0.1, 0.15) is 48.1 Å². The lowest BCUT2D eigenvalue weighted by molar-refractivity contribution is 0.244. The maximum absolute atomic E-state index is 12.8. The third kappa shape index (κ3) is 3.21. The fourth-order valence-electron chi connectivity index (χ4n) is 3.78. The van der Waals surface area contributed by atoms with Gasteiger partial charge in [0.05, 0.1) is 11.4 Å². The molecule has 0 spiro atoms. The largest absolute Gasteiger partial charge is 0.309 e. The average Bonchev–Trinajstić information content (AvgIpc) is 2.99. The average molecular weight is 368 g/mol. The molecule has 0 amide bonds. The molecule has 0 bridgehead atoms. The minimum atomic E-state index is 0.0250. The molecule has 0 aliphatic heterocycles. The standard InChI is InChI=1S/C21H25N3OS/c1-13-9-10-16-17(11-13)26-21-18(16)20(25)22-19(23-21)14(2)24(3)12-15-7-5-4-6-8-15/h4-8,13-14H,9-12H2,1-3H3,(H,22,23,25)/t13-,14-/m0/s1. The Hall–Kier alpha value is -1.98. The van der Waals surface area contributed by atoms with Crippen LogP contribution >= 0.6 is 11.3 Å². The molecule has 26 heavy (non-hydrogen) atoms. The van der Waals surface area contributed by atoms with Crippen molar-refractivity contribution in [3.05, 3.63) is 62.5 Å². The monoisotopic (exact) mass is 367 g/mol. The van der Waals surface area contributed by atoms with Gasteiger partial charge in [-0.3, -0.25) is 9.69 Å². The second-order valence-corrected chi connectivity index (χ2v) is 8.64. The predicted molar refractivity (Wildman–Crippen MR) is 108 cm³/mol. The van der Waals surface area contributed by atoms with E-state index in [-0.39, 0.29) is 11.6 Å². The number of nitrogens with zero attached hydrogens (tertiary/aromatic N) is 2. The van der Waals surface area contributed by atoms with Gasteiger partial charge >= 0.3 is 0 Å². The van der Waals surface area contributed by atoms with E-state index < -0.39 is 0 Å². The van der Waals surface area contributed by atoms with Crippen LogP contribution in [0.15, 0.2) is 35.1 Å². The van der Waals surface area contributed by atoms with E-state index in [1.807, 2.05) is 6.07 Å². The molecule has 1 aliphatic carbocycles. The highest BCUT2D eigenvalue weighted by atomic mass is 32.1. The van der Waals surface area contributed by atoms with E-state index in [4.69, 9.17) is 4.98 Å². The Morgan fingerprint density at radius 3 is 2.88 bits per heavy atom. The summed E-state index contributed by atoms with van der Waals surface area (Å²) in [6.07, 6.45) is 3.24. The van der Waals surface area contributed by atoms with Gasteiger partial charge in [0.25, 0.3) is 5.56 Å². The van der Waals surface area contributed by atoms with Crippen molar-refractivity contribution in [3.8, 4) is 0 Å². The highest BCUT2D eigenvalue weighted by Crippen LogP contribution is 2.36. The number of benzene rings is 1. The van der Waals surface area contributed by atoms with E-state index in [1.165, 1.54) is 16.0 Å². The summed E-state index contributed by atoms with van der Waals surface area (Å²) in [5.74, 6) is 1.46. The molecule has 0 saturated carbocycles. The molecule has 0 saturated heterocycles. The van der Waals surface area contributed by atoms with E-state index >= 15 is 0 Å². The number of hydrogen-bond acceptors (Lipinski definition) is 4. The zero-order valence-corrected chi connectivity index (χ0v) is 16.4. The SMILES string of the molecule is C[C@H]1CCc2c(sc3nc([C@H](C)N(C)Cc4ccccc4)[nH]c(=O)c23)C1. The van der Waals surface area contributed by atoms with E-state index in [0.29, 0.717) is 5.92 Å². The van der Waals surface area contributed by atoms with Crippen LogP contribution in [0, 0.1) is 5.92 Å². The normalized spacial score (nSPS) is 18.2. The van der Waals surface area contributed by atoms with Gasteiger partial charge in [-0.2, -0.15) is 0 Å². The van der Waals surface area contributed by atoms with E-state index in [1.54, 1.807) is 11.3 Å². The van der Waals surface area contributed by atoms with Crippen LogP contribution < -0.4 is 5.56 Å². The van der Waals surface area contributed by atoms with E-state index in [2.05, 4.69) is 55.0 Å². The summed E-state index contributed by atoms with van der Waals surface area (Å²) in [5, 5.41) is 0.832. The number of aromatic nitrogens is 2. The molecular weight excluding hydrogens is 342 g/mol. The van der Waals surface area contributed by atoms with Gasteiger partial charge in [-0.25, -0.2) is 4.98 Å². The van der Waals surface area contributed by atoms with Crippen LogP contribution in [0.5, 0.6) is 0 Å². The summed E-state index contributed by atoms with van der Waals surface area (Å²) in [5.41, 5.74) is 2.52. The van der Waals surface area contributed by atoms with E-state index in [9.17, 15) is 4.79 Å². The fourth-order valence-corrected chi connectivity index (χ4v) is 5.17. The lowest BCUT2D eigenvalue weighted by Crippen LogP contribution is -2.26. The van der Waals surface area contributed by atoms with Gasteiger partial charge in [-0.05, 0) is 50.3 Å². The highest BCUT2D eigenvalue weighted by molar-refractivity contribution is 7.18. The van der Waals surface area contributed by atoms with Crippen LogP contribution in [-0.2, 0) is 19.4 Å². The third-order valence-electron chi connectivity index (χ3n) is 5.52. The molecule has 1 aliphatic rings. The Morgan fingerprint density at radius 2 is 2.12 bits per heavy atom. The number of hydrogen-bond donors (Lipinski definition) is 1. The molecule has 3 aromatic rings. The molecule has 0 unspecified atom stereocenters. The lowest BCUT2D eigenvalue weighted by atomic mass is 9.89. The summed E-state index contributed by atoms with van der Waals surface area (Å²) in [6.45, 7) is 5.21. The lowest BCUT2D eigenvalue weighted by Gasteiger charge is -2.24. The number of aromatic amines is 1. The molecule has 2 heterocycles. The maximum Gasteiger partial charge on any atom is 0.259 e. The first-order chi connectivity index (χ1) is 12.5. The van der Waals surface area contributed by atoms with Crippen LogP contribution in [0.3, 0.4) is 0 Å². The van der Waals surface area contributed by atoms with Crippen molar-refractivity contribution in [1.29, 1.82) is 0 Å². The molecule has 0 radical (unpaired) electrons. The fraction of sp³-hybridized carbons (Fsp3) is 0.429. The molecular formula is C21H25N3OS. The molecule has 2 atom stereocenters. The topological polar surface area (TPSA) is 49.0 Å². The summed E-state index contributed by atoms with van der Waals surface area (Å²) >= 11 is 1.72. The molecule has 2 aromatic heterocycles. The van der Waals surface area contributed by atoms with Crippen molar-refractivity contribution in [2.75, 3.05) is 7.05 Å². The molecule has 1 N–H and O–H groups in total. The van der Waals surface area contributed by atoms with Gasteiger partial charge in [0.1, 0.15) is 10.7 Å². The van der Waals surface area contributed by atoms with Crippen LogP contribution in [0.4, 0.5) is 0 Å². The van der Waals surface area contributed by atoms with Crippen molar-refractivity contribution in [3.63, 3.8) is 0 Å². The van der Waals surface area contributed by atoms with Gasteiger partial charge in [-0.1, -0.05) is 37.3 Å². The summed E-state index contributed by atoms with van der Waals surface area (Å²) in [7, 11) is 2.07. The minimum Gasteiger partial charge on any atom is -0.309 e. The number of thiophene rings is 1. The molecule has 5 heteroatoms. The number of fused-ring (bicyclic) bond motifs is 3. The highest BCUT2D eigenvalue weighted by Gasteiger charge is 2.24. The number of aryl methyl sites for hydroxylation is 1.